The van der Waals surface area contributed by atoms with Gasteiger partial charge in [0, 0.05) is 21.2 Å². The normalized spacial score (nSPS) is 10.2. The van der Waals surface area contributed by atoms with Gasteiger partial charge < -0.3 is 5.32 Å². The van der Waals surface area contributed by atoms with E-state index in [1.165, 1.54) is 18.2 Å². The first-order valence-electron chi connectivity index (χ1n) is 5.11. The molecule has 0 saturated heterocycles. The molecule has 2 nitrogen and oxygen atoms in total. The Hall–Kier alpha value is -1.52. The highest BCUT2D eigenvalue weighted by molar-refractivity contribution is 7.80. The van der Waals surface area contributed by atoms with E-state index < -0.39 is 5.82 Å². The summed E-state index contributed by atoms with van der Waals surface area (Å²) in [4.78, 5) is 12.6. The van der Waals surface area contributed by atoms with Gasteiger partial charge in [0.2, 0.25) is 0 Å². The first kappa shape index (κ1) is 12.9. The van der Waals surface area contributed by atoms with Crippen molar-refractivity contribution in [3.05, 3.63) is 58.9 Å². The predicted octanol–water partition coefficient (Wildman–Crippen LogP) is 4.02. The fourth-order valence-electron chi connectivity index (χ4n) is 1.44. The van der Waals surface area contributed by atoms with Crippen molar-refractivity contribution < 1.29 is 9.18 Å². The van der Waals surface area contributed by atoms with E-state index in [-0.39, 0.29) is 10.9 Å². The molecule has 2 aromatic carbocycles. The van der Waals surface area contributed by atoms with E-state index in [1.807, 2.05) is 0 Å². The Morgan fingerprint density at radius 2 is 1.83 bits per heavy atom. The molecule has 0 aliphatic rings. The zero-order chi connectivity index (χ0) is 13.1. The summed E-state index contributed by atoms with van der Waals surface area (Å²) in [6.07, 6.45) is 0. The highest BCUT2D eigenvalue weighted by Gasteiger charge is 2.07. The average molecular weight is 282 g/mol. The van der Waals surface area contributed by atoms with Crippen LogP contribution in [0.1, 0.15) is 10.4 Å². The third kappa shape index (κ3) is 3.24. The number of carbonyl (C=O) groups excluding carboxylic acids is 1. The summed E-state index contributed by atoms with van der Waals surface area (Å²) in [5.74, 6) is -0.825. The van der Waals surface area contributed by atoms with Gasteiger partial charge in [0.1, 0.15) is 5.82 Å². The van der Waals surface area contributed by atoms with Gasteiger partial charge >= 0.3 is 0 Å². The van der Waals surface area contributed by atoms with Gasteiger partial charge in [-0.3, -0.25) is 4.79 Å². The fraction of sp³-hybridized carbons (Fsp3) is 0. The van der Waals surface area contributed by atoms with E-state index in [2.05, 4.69) is 17.9 Å². The summed E-state index contributed by atoms with van der Waals surface area (Å²) < 4.78 is 13.1. The molecule has 92 valence electrons. The van der Waals surface area contributed by atoms with Crippen LogP contribution in [0.2, 0.25) is 5.02 Å². The highest BCUT2D eigenvalue weighted by atomic mass is 35.5. The molecule has 0 saturated carbocycles. The third-order valence-electron chi connectivity index (χ3n) is 2.25. The number of hydrogen-bond donors (Lipinski definition) is 2. The van der Waals surface area contributed by atoms with Crippen molar-refractivity contribution in [2.24, 2.45) is 0 Å². The predicted molar refractivity (Wildman–Crippen MR) is 73.1 cm³/mol. The molecule has 0 spiro atoms. The van der Waals surface area contributed by atoms with Crippen LogP contribution < -0.4 is 5.32 Å². The molecule has 0 aliphatic heterocycles. The maximum Gasteiger partial charge on any atom is 0.255 e. The molecule has 5 heteroatoms. The Labute approximate surface area is 114 Å². The van der Waals surface area contributed by atoms with Crippen LogP contribution in [0.25, 0.3) is 0 Å². The highest BCUT2D eigenvalue weighted by Crippen LogP contribution is 2.19. The summed E-state index contributed by atoms with van der Waals surface area (Å²) in [6.45, 7) is 0. The van der Waals surface area contributed by atoms with Crippen LogP contribution in [0.5, 0.6) is 0 Å². The second kappa shape index (κ2) is 5.42. The van der Waals surface area contributed by atoms with Crippen LogP contribution in [-0.4, -0.2) is 5.91 Å². The number of halogens is 2. The molecule has 0 heterocycles. The number of rotatable bonds is 2. The smallest absolute Gasteiger partial charge is 0.255 e. The second-order valence-electron chi connectivity index (χ2n) is 3.66. The van der Waals surface area contributed by atoms with Crippen molar-refractivity contribution in [1.29, 1.82) is 0 Å². The maximum absolute atomic E-state index is 13.1. The molecular formula is C13H9ClFNOS. The first-order chi connectivity index (χ1) is 8.54. The summed E-state index contributed by atoms with van der Waals surface area (Å²) in [6, 6.07) is 10.5. The molecule has 2 aromatic rings. The number of benzene rings is 2. The maximum atomic E-state index is 13.1. The van der Waals surface area contributed by atoms with Crippen molar-refractivity contribution in [3.63, 3.8) is 0 Å². The van der Waals surface area contributed by atoms with Gasteiger partial charge in [-0.15, -0.1) is 12.6 Å². The molecule has 0 aliphatic carbocycles. The Morgan fingerprint density at radius 1 is 1.17 bits per heavy atom. The van der Waals surface area contributed by atoms with Crippen LogP contribution >= 0.6 is 24.2 Å². The number of thiol groups is 1. The van der Waals surface area contributed by atoms with Crippen LogP contribution in [0.3, 0.4) is 0 Å². The lowest BCUT2D eigenvalue weighted by Gasteiger charge is -2.06. The van der Waals surface area contributed by atoms with Gasteiger partial charge in [-0.2, -0.15) is 0 Å². The first-order valence-corrected chi connectivity index (χ1v) is 5.93. The lowest BCUT2D eigenvalue weighted by molar-refractivity contribution is 0.102. The number of amides is 1. The SMILES string of the molecule is O=C(Nc1cc(F)cc(Cl)c1)c1ccc(S)cc1. The molecule has 0 unspecified atom stereocenters. The lowest BCUT2D eigenvalue weighted by Crippen LogP contribution is -2.11. The zero-order valence-corrected chi connectivity index (χ0v) is 10.8. The van der Waals surface area contributed by atoms with Crippen LogP contribution in [0.4, 0.5) is 10.1 Å². The molecule has 0 atom stereocenters. The Morgan fingerprint density at radius 3 is 2.44 bits per heavy atom. The van der Waals surface area contributed by atoms with E-state index in [1.54, 1.807) is 24.3 Å². The standard InChI is InChI=1S/C13H9ClFNOS/c14-9-5-10(15)7-11(6-9)16-13(17)8-1-3-12(18)4-2-8/h1-7,18H,(H,16,17). The van der Waals surface area contributed by atoms with Crippen LogP contribution in [-0.2, 0) is 0 Å². The molecule has 18 heavy (non-hydrogen) atoms. The second-order valence-corrected chi connectivity index (χ2v) is 4.61. The zero-order valence-electron chi connectivity index (χ0n) is 9.15. The topological polar surface area (TPSA) is 29.1 Å². The van der Waals surface area contributed by atoms with Crippen molar-refractivity contribution in [1.82, 2.24) is 0 Å². The summed E-state index contributed by atoms with van der Waals surface area (Å²) in [7, 11) is 0. The van der Waals surface area contributed by atoms with E-state index in [0.29, 0.717) is 11.3 Å². The Kier molecular flexibility index (Phi) is 3.89. The minimum Gasteiger partial charge on any atom is -0.322 e. The van der Waals surface area contributed by atoms with Gasteiger partial charge in [0.05, 0.1) is 0 Å². The Balaban J connectivity index is 2.18. The number of hydrogen-bond acceptors (Lipinski definition) is 2. The summed E-state index contributed by atoms with van der Waals surface area (Å²) in [5.41, 5.74) is 0.785. The minimum absolute atomic E-state index is 0.232. The molecule has 1 N–H and O–H groups in total. The molecule has 0 radical (unpaired) electrons. The van der Waals surface area contributed by atoms with Gasteiger partial charge in [0.25, 0.3) is 5.91 Å². The van der Waals surface area contributed by atoms with E-state index in [9.17, 15) is 9.18 Å². The monoisotopic (exact) mass is 281 g/mol. The van der Waals surface area contributed by atoms with Crippen LogP contribution in [0.15, 0.2) is 47.4 Å². The summed E-state index contributed by atoms with van der Waals surface area (Å²) >= 11 is 9.83. The molecule has 1 amide bonds. The van der Waals surface area contributed by atoms with Crippen molar-refractivity contribution in [2.75, 3.05) is 5.32 Å². The van der Waals surface area contributed by atoms with E-state index in [4.69, 9.17) is 11.6 Å². The van der Waals surface area contributed by atoms with Crippen molar-refractivity contribution in [3.8, 4) is 0 Å². The van der Waals surface area contributed by atoms with Gasteiger partial charge in [-0.25, -0.2) is 4.39 Å². The van der Waals surface area contributed by atoms with Gasteiger partial charge in [-0.05, 0) is 42.5 Å². The Bertz CT molecular complexity index is 566. The quantitative estimate of drug-likeness (QED) is 0.800. The van der Waals surface area contributed by atoms with E-state index >= 15 is 0 Å². The lowest BCUT2D eigenvalue weighted by atomic mass is 10.2. The molecule has 0 bridgehead atoms. The average Bonchev–Trinajstić information content (AvgIpc) is 2.28. The summed E-state index contributed by atoms with van der Waals surface area (Å²) in [5, 5.41) is 2.80. The molecule has 0 fully saturated rings. The fourth-order valence-corrected chi connectivity index (χ4v) is 1.81. The minimum atomic E-state index is -0.497. The van der Waals surface area contributed by atoms with Gasteiger partial charge in [0.15, 0.2) is 0 Å². The van der Waals surface area contributed by atoms with Crippen molar-refractivity contribution in [2.45, 2.75) is 4.90 Å². The van der Waals surface area contributed by atoms with E-state index in [0.717, 1.165) is 4.90 Å². The molecule has 0 aromatic heterocycles. The largest absolute Gasteiger partial charge is 0.322 e. The van der Waals surface area contributed by atoms with Gasteiger partial charge in [-0.1, -0.05) is 11.6 Å². The van der Waals surface area contributed by atoms with Crippen molar-refractivity contribution >= 4 is 35.8 Å². The third-order valence-corrected chi connectivity index (χ3v) is 2.77. The number of carbonyl (C=O) groups is 1. The van der Waals surface area contributed by atoms with Crippen LogP contribution in [0, 0.1) is 5.82 Å². The molecule has 2 rings (SSSR count). The number of nitrogens with one attached hydrogen (secondary N) is 1. The molecular weight excluding hydrogens is 273 g/mol. The number of anilines is 1.